The standard InChI is InChI=1S/C16H23BrN2O2/c1-12-5-7-16(21,8-6-12)11-18-10-15(20)19-14-4-2-3-13(17)9-14/h2-4,9,12,18,21H,5-8,10-11H2,1H3,(H,19,20). The highest BCUT2D eigenvalue weighted by Crippen LogP contribution is 2.31. The Kier molecular flexibility index (Phi) is 5.79. The third kappa shape index (κ3) is 5.41. The summed E-state index contributed by atoms with van der Waals surface area (Å²) in [7, 11) is 0. The van der Waals surface area contributed by atoms with Crippen LogP contribution >= 0.6 is 15.9 Å². The summed E-state index contributed by atoms with van der Waals surface area (Å²) in [4.78, 5) is 11.9. The van der Waals surface area contributed by atoms with E-state index < -0.39 is 5.60 Å². The fourth-order valence-electron chi connectivity index (χ4n) is 2.66. The molecule has 1 aromatic rings. The summed E-state index contributed by atoms with van der Waals surface area (Å²) in [5, 5.41) is 16.3. The van der Waals surface area contributed by atoms with Crippen molar-refractivity contribution in [2.75, 3.05) is 18.4 Å². The molecule has 1 aromatic carbocycles. The van der Waals surface area contributed by atoms with Gasteiger partial charge in [0.25, 0.3) is 0 Å². The van der Waals surface area contributed by atoms with Crippen LogP contribution in [-0.2, 0) is 4.79 Å². The maximum Gasteiger partial charge on any atom is 0.238 e. The van der Waals surface area contributed by atoms with Gasteiger partial charge in [-0.2, -0.15) is 0 Å². The summed E-state index contributed by atoms with van der Waals surface area (Å²) >= 11 is 3.37. The second-order valence-corrected chi connectivity index (χ2v) is 6.98. The molecule has 0 bridgehead atoms. The molecule has 0 atom stereocenters. The van der Waals surface area contributed by atoms with Crippen LogP contribution in [0.5, 0.6) is 0 Å². The minimum Gasteiger partial charge on any atom is -0.389 e. The van der Waals surface area contributed by atoms with Gasteiger partial charge in [0.2, 0.25) is 5.91 Å². The third-order valence-electron chi connectivity index (χ3n) is 4.05. The zero-order chi connectivity index (χ0) is 15.3. The number of rotatable bonds is 5. The summed E-state index contributed by atoms with van der Waals surface area (Å²) in [6.45, 7) is 2.91. The van der Waals surface area contributed by atoms with E-state index in [0.717, 1.165) is 35.8 Å². The molecule has 1 amide bonds. The van der Waals surface area contributed by atoms with Gasteiger partial charge in [-0.15, -0.1) is 0 Å². The monoisotopic (exact) mass is 354 g/mol. The minimum absolute atomic E-state index is 0.0964. The first kappa shape index (κ1) is 16.5. The lowest BCUT2D eigenvalue weighted by Gasteiger charge is -2.35. The number of nitrogens with one attached hydrogen (secondary N) is 2. The van der Waals surface area contributed by atoms with E-state index in [1.54, 1.807) is 0 Å². The lowest BCUT2D eigenvalue weighted by Crippen LogP contribution is -2.45. The smallest absolute Gasteiger partial charge is 0.238 e. The molecule has 4 nitrogen and oxygen atoms in total. The quantitative estimate of drug-likeness (QED) is 0.761. The van der Waals surface area contributed by atoms with Crippen molar-refractivity contribution in [2.24, 2.45) is 5.92 Å². The fourth-order valence-corrected chi connectivity index (χ4v) is 3.06. The topological polar surface area (TPSA) is 61.4 Å². The van der Waals surface area contributed by atoms with E-state index in [2.05, 4.69) is 33.5 Å². The molecule has 2 rings (SSSR count). The largest absolute Gasteiger partial charge is 0.389 e. The Bertz CT molecular complexity index is 485. The van der Waals surface area contributed by atoms with Gasteiger partial charge in [-0.3, -0.25) is 4.79 Å². The zero-order valence-electron chi connectivity index (χ0n) is 12.4. The molecular weight excluding hydrogens is 332 g/mol. The zero-order valence-corrected chi connectivity index (χ0v) is 13.9. The van der Waals surface area contributed by atoms with Crippen LogP contribution in [-0.4, -0.2) is 29.7 Å². The number of aliphatic hydroxyl groups is 1. The lowest BCUT2D eigenvalue weighted by molar-refractivity contribution is -0.115. The molecule has 1 aliphatic rings. The number of anilines is 1. The molecule has 0 saturated heterocycles. The number of amides is 1. The maximum absolute atomic E-state index is 11.9. The van der Waals surface area contributed by atoms with Crippen molar-refractivity contribution in [2.45, 2.75) is 38.2 Å². The predicted molar refractivity (Wildman–Crippen MR) is 88.2 cm³/mol. The van der Waals surface area contributed by atoms with Crippen molar-refractivity contribution in [3.8, 4) is 0 Å². The van der Waals surface area contributed by atoms with E-state index in [1.165, 1.54) is 0 Å². The Morgan fingerprint density at radius 3 is 2.81 bits per heavy atom. The second kappa shape index (κ2) is 7.38. The van der Waals surface area contributed by atoms with Crippen LogP contribution in [0.3, 0.4) is 0 Å². The molecule has 0 unspecified atom stereocenters. The average molecular weight is 355 g/mol. The van der Waals surface area contributed by atoms with Crippen LogP contribution in [0.2, 0.25) is 0 Å². The van der Waals surface area contributed by atoms with Gasteiger partial charge in [0.15, 0.2) is 0 Å². The van der Waals surface area contributed by atoms with E-state index in [0.29, 0.717) is 12.5 Å². The Labute approximate surface area is 134 Å². The minimum atomic E-state index is -0.650. The van der Waals surface area contributed by atoms with Gasteiger partial charge in [-0.1, -0.05) is 28.9 Å². The lowest BCUT2D eigenvalue weighted by atomic mass is 9.79. The first-order valence-electron chi connectivity index (χ1n) is 7.45. The van der Waals surface area contributed by atoms with Gasteiger partial charge < -0.3 is 15.7 Å². The molecule has 0 heterocycles. The highest BCUT2D eigenvalue weighted by Gasteiger charge is 2.31. The van der Waals surface area contributed by atoms with Gasteiger partial charge in [0, 0.05) is 16.7 Å². The summed E-state index contributed by atoms with van der Waals surface area (Å²) in [6, 6.07) is 7.49. The van der Waals surface area contributed by atoms with Crippen LogP contribution < -0.4 is 10.6 Å². The van der Waals surface area contributed by atoms with Crippen molar-refractivity contribution in [3.05, 3.63) is 28.7 Å². The van der Waals surface area contributed by atoms with E-state index >= 15 is 0 Å². The molecule has 3 N–H and O–H groups in total. The molecule has 0 aliphatic heterocycles. The van der Waals surface area contributed by atoms with Gasteiger partial charge in [-0.05, 0) is 49.8 Å². The second-order valence-electron chi connectivity index (χ2n) is 6.07. The fraction of sp³-hybridized carbons (Fsp3) is 0.562. The van der Waals surface area contributed by atoms with Crippen molar-refractivity contribution in [1.82, 2.24) is 5.32 Å². The summed E-state index contributed by atoms with van der Waals surface area (Å²) in [6.07, 6.45) is 3.74. The number of carbonyl (C=O) groups excluding carboxylic acids is 1. The number of halogens is 1. The van der Waals surface area contributed by atoms with Crippen LogP contribution in [0.1, 0.15) is 32.6 Å². The Morgan fingerprint density at radius 1 is 1.43 bits per heavy atom. The van der Waals surface area contributed by atoms with E-state index in [4.69, 9.17) is 0 Å². The van der Waals surface area contributed by atoms with Gasteiger partial charge in [0.05, 0.1) is 12.1 Å². The summed E-state index contributed by atoms with van der Waals surface area (Å²) in [5.74, 6) is 0.603. The number of carbonyl (C=O) groups is 1. The highest BCUT2D eigenvalue weighted by atomic mass is 79.9. The molecule has 0 spiro atoms. The molecule has 5 heteroatoms. The Morgan fingerprint density at radius 2 is 2.14 bits per heavy atom. The van der Waals surface area contributed by atoms with Crippen LogP contribution in [0.25, 0.3) is 0 Å². The SMILES string of the molecule is CC1CCC(O)(CNCC(=O)Nc2cccc(Br)c2)CC1. The molecule has 1 aliphatic carbocycles. The van der Waals surface area contributed by atoms with Crippen LogP contribution in [0.15, 0.2) is 28.7 Å². The Balaban J connectivity index is 1.72. The van der Waals surface area contributed by atoms with Crippen LogP contribution in [0.4, 0.5) is 5.69 Å². The van der Waals surface area contributed by atoms with Gasteiger partial charge in [-0.25, -0.2) is 0 Å². The summed E-state index contributed by atoms with van der Waals surface area (Å²) in [5.41, 5.74) is 0.115. The highest BCUT2D eigenvalue weighted by molar-refractivity contribution is 9.10. The van der Waals surface area contributed by atoms with Crippen molar-refractivity contribution < 1.29 is 9.90 Å². The van der Waals surface area contributed by atoms with E-state index in [-0.39, 0.29) is 12.5 Å². The number of hydrogen-bond donors (Lipinski definition) is 3. The van der Waals surface area contributed by atoms with Crippen LogP contribution in [0, 0.1) is 5.92 Å². The first-order valence-corrected chi connectivity index (χ1v) is 8.25. The van der Waals surface area contributed by atoms with E-state index in [1.807, 2.05) is 24.3 Å². The summed E-state index contributed by atoms with van der Waals surface area (Å²) < 4.78 is 0.930. The van der Waals surface area contributed by atoms with E-state index in [9.17, 15) is 9.90 Å². The predicted octanol–water partition coefficient (Wildman–Crippen LogP) is 2.92. The molecule has 0 aromatic heterocycles. The van der Waals surface area contributed by atoms with Gasteiger partial charge in [0.1, 0.15) is 0 Å². The molecule has 1 saturated carbocycles. The normalized spacial score (nSPS) is 25.6. The molecule has 116 valence electrons. The molecule has 0 radical (unpaired) electrons. The van der Waals surface area contributed by atoms with Gasteiger partial charge >= 0.3 is 0 Å². The molecule has 1 fully saturated rings. The average Bonchev–Trinajstić information content (AvgIpc) is 2.42. The Hall–Kier alpha value is -0.910. The third-order valence-corrected chi connectivity index (χ3v) is 4.55. The first-order chi connectivity index (χ1) is 9.97. The molecular formula is C16H23BrN2O2. The number of hydrogen-bond acceptors (Lipinski definition) is 3. The molecule has 21 heavy (non-hydrogen) atoms. The van der Waals surface area contributed by atoms with Crippen molar-refractivity contribution in [1.29, 1.82) is 0 Å². The maximum atomic E-state index is 11.9. The number of benzene rings is 1. The van der Waals surface area contributed by atoms with Crippen molar-refractivity contribution >= 4 is 27.5 Å². The van der Waals surface area contributed by atoms with Crippen molar-refractivity contribution in [3.63, 3.8) is 0 Å².